The van der Waals surface area contributed by atoms with Crippen LogP contribution >= 0.6 is 12.2 Å². The highest BCUT2D eigenvalue weighted by Crippen LogP contribution is 2.17. The molecule has 3 N–H and O–H groups in total. The average molecular weight is 324 g/mol. The van der Waals surface area contributed by atoms with E-state index in [-0.39, 0.29) is 17.1 Å². The van der Waals surface area contributed by atoms with Crippen molar-refractivity contribution in [1.82, 2.24) is 0 Å². The summed E-state index contributed by atoms with van der Waals surface area (Å²) in [6.45, 7) is -1.85. The predicted molar refractivity (Wildman–Crippen MR) is 72.4 cm³/mol. The molecule has 0 aliphatic rings. The number of ether oxygens (including phenoxy) is 1. The third-order valence-electron chi connectivity index (χ3n) is 2.27. The first-order chi connectivity index (χ1) is 9.69. The van der Waals surface area contributed by atoms with Gasteiger partial charge in [-0.15, -0.1) is 0 Å². The van der Waals surface area contributed by atoms with Crippen LogP contribution in [0.1, 0.15) is 12.0 Å². The van der Waals surface area contributed by atoms with Crippen molar-refractivity contribution >= 4 is 28.8 Å². The zero-order chi connectivity index (χ0) is 16.0. The molecule has 0 radical (unpaired) electrons. The summed E-state index contributed by atoms with van der Waals surface area (Å²) < 4.78 is 53.2. The van der Waals surface area contributed by atoms with Crippen LogP contribution < -0.4 is 11.1 Å². The van der Waals surface area contributed by atoms with Gasteiger partial charge in [-0.3, -0.25) is 4.79 Å². The van der Waals surface area contributed by atoms with Crippen LogP contribution in [-0.4, -0.2) is 30.3 Å². The van der Waals surface area contributed by atoms with Crippen molar-refractivity contribution < 1.29 is 27.1 Å². The lowest BCUT2D eigenvalue weighted by Crippen LogP contribution is -2.20. The van der Waals surface area contributed by atoms with Crippen LogP contribution in [0.25, 0.3) is 0 Å². The van der Waals surface area contributed by atoms with Gasteiger partial charge in [-0.2, -0.15) is 13.2 Å². The van der Waals surface area contributed by atoms with E-state index in [2.05, 4.69) is 22.3 Å². The topological polar surface area (TPSA) is 64.3 Å². The predicted octanol–water partition coefficient (Wildman–Crippen LogP) is 2.37. The van der Waals surface area contributed by atoms with Crippen LogP contribution in [0.3, 0.4) is 0 Å². The molecule has 0 aromatic heterocycles. The lowest BCUT2D eigenvalue weighted by Gasteiger charge is -2.09. The minimum absolute atomic E-state index is 0.00678. The van der Waals surface area contributed by atoms with E-state index < -0.39 is 31.1 Å². The molecule has 0 aliphatic heterocycles. The first-order valence-electron chi connectivity index (χ1n) is 5.73. The number of nitrogens with one attached hydrogen (secondary N) is 1. The summed E-state index contributed by atoms with van der Waals surface area (Å²) in [6.07, 6.45) is -4.77. The molecule has 1 amide bonds. The van der Waals surface area contributed by atoms with Crippen molar-refractivity contribution in [3.05, 3.63) is 29.6 Å². The van der Waals surface area contributed by atoms with Gasteiger partial charge >= 0.3 is 6.18 Å². The Morgan fingerprint density at radius 3 is 2.57 bits per heavy atom. The van der Waals surface area contributed by atoms with Gasteiger partial charge in [0.1, 0.15) is 17.4 Å². The van der Waals surface area contributed by atoms with Crippen LogP contribution in [0.4, 0.5) is 23.2 Å². The van der Waals surface area contributed by atoms with E-state index in [1.165, 1.54) is 12.1 Å². The van der Waals surface area contributed by atoms with Gasteiger partial charge in [0.25, 0.3) is 0 Å². The summed E-state index contributed by atoms with van der Waals surface area (Å²) in [4.78, 5) is 11.4. The number of anilines is 1. The van der Waals surface area contributed by atoms with Crippen molar-refractivity contribution in [2.24, 2.45) is 5.73 Å². The normalized spacial score (nSPS) is 11.2. The number of carbonyl (C=O) groups excluding carboxylic acids is 1. The van der Waals surface area contributed by atoms with Crippen molar-refractivity contribution in [2.45, 2.75) is 12.6 Å². The summed E-state index contributed by atoms with van der Waals surface area (Å²) >= 11 is 4.67. The third kappa shape index (κ3) is 6.50. The monoisotopic (exact) mass is 324 g/mol. The molecule has 1 aromatic carbocycles. The van der Waals surface area contributed by atoms with E-state index in [0.717, 1.165) is 6.07 Å². The average Bonchev–Trinajstić information content (AvgIpc) is 2.36. The number of halogens is 4. The van der Waals surface area contributed by atoms with Crippen LogP contribution in [0.15, 0.2) is 18.2 Å². The molecule has 0 unspecified atom stereocenters. The Morgan fingerprint density at radius 2 is 2.05 bits per heavy atom. The molecule has 0 heterocycles. The van der Waals surface area contributed by atoms with Gasteiger partial charge in [-0.25, -0.2) is 4.39 Å². The molecule has 0 aliphatic carbocycles. The van der Waals surface area contributed by atoms with Gasteiger partial charge in [0.2, 0.25) is 5.91 Å². The van der Waals surface area contributed by atoms with Gasteiger partial charge in [0, 0.05) is 5.56 Å². The van der Waals surface area contributed by atoms with Crippen LogP contribution in [0.2, 0.25) is 0 Å². The Morgan fingerprint density at radius 1 is 1.38 bits per heavy atom. The van der Waals surface area contributed by atoms with E-state index in [4.69, 9.17) is 5.73 Å². The van der Waals surface area contributed by atoms with E-state index in [0.29, 0.717) is 5.56 Å². The first kappa shape index (κ1) is 17.3. The number of benzene rings is 1. The number of nitrogens with two attached hydrogens (primary N) is 1. The molecule has 116 valence electrons. The summed E-state index contributed by atoms with van der Waals surface area (Å²) in [5.74, 6) is -1.41. The fourth-order valence-corrected chi connectivity index (χ4v) is 1.46. The van der Waals surface area contributed by atoms with E-state index in [1.54, 1.807) is 0 Å². The van der Waals surface area contributed by atoms with Crippen molar-refractivity contribution in [3.8, 4) is 0 Å². The lowest BCUT2D eigenvalue weighted by molar-refractivity contribution is -0.174. The number of hydrogen-bond acceptors (Lipinski definition) is 3. The highest BCUT2D eigenvalue weighted by atomic mass is 32.1. The Bertz CT molecular complexity index is 534. The molecule has 4 nitrogen and oxygen atoms in total. The number of hydrogen-bond donors (Lipinski definition) is 2. The minimum atomic E-state index is -4.45. The molecule has 0 saturated carbocycles. The maximum atomic E-state index is 13.6. The molecule has 0 spiro atoms. The second-order valence-corrected chi connectivity index (χ2v) is 4.46. The maximum absolute atomic E-state index is 13.6. The SMILES string of the molecule is NC(=S)c1ccc(NC(=O)CCOCC(F)(F)F)c(F)c1. The van der Waals surface area contributed by atoms with Crippen molar-refractivity contribution in [3.63, 3.8) is 0 Å². The molecule has 1 rings (SSSR count). The molecule has 1 aromatic rings. The largest absolute Gasteiger partial charge is 0.411 e. The number of alkyl halides is 3. The minimum Gasteiger partial charge on any atom is -0.389 e. The molecule has 21 heavy (non-hydrogen) atoms. The molecular weight excluding hydrogens is 312 g/mol. The number of thiocarbonyl (C=S) groups is 1. The van der Waals surface area contributed by atoms with Crippen LogP contribution in [0.5, 0.6) is 0 Å². The summed E-state index contributed by atoms with van der Waals surface area (Å²) in [5, 5.41) is 2.21. The molecule has 0 saturated heterocycles. The number of rotatable bonds is 6. The van der Waals surface area contributed by atoms with E-state index in [1.807, 2.05) is 0 Å². The van der Waals surface area contributed by atoms with E-state index >= 15 is 0 Å². The maximum Gasteiger partial charge on any atom is 0.411 e. The quantitative estimate of drug-likeness (QED) is 0.479. The molecule has 0 bridgehead atoms. The Labute approximate surface area is 123 Å². The zero-order valence-electron chi connectivity index (χ0n) is 10.7. The van der Waals surface area contributed by atoms with Gasteiger partial charge < -0.3 is 15.8 Å². The summed E-state index contributed by atoms with van der Waals surface area (Å²) in [5.41, 5.74) is 5.50. The van der Waals surface area contributed by atoms with E-state index in [9.17, 15) is 22.4 Å². The van der Waals surface area contributed by atoms with Crippen molar-refractivity contribution in [1.29, 1.82) is 0 Å². The molecule has 0 atom stereocenters. The zero-order valence-corrected chi connectivity index (χ0v) is 11.5. The lowest BCUT2D eigenvalue weighted by atomic mass is 10.2. The Balaban J connectivity index is 2.46. The number of amides is 1. The van der Waals surface area contributed by atoms with Gasteiger partial charge in [-0.05, 0) is 18.2 Å². The highest BCUT2D eigenvalue weighted by Gasteiger charge is 2.27. The number of carbonyl (C=O) groups is 1. The Kier molecular flexibility index (Phi) is 6.03. The molecule has 9 heteroatoms. The fraction of sp³-hybridized carbons (Fsp3) is 0.333. The van der Waals surface area contributed by atoms with Crippen molar-refractivity contribution in [2.75, 3.05) is 18.5 Å². The van der Waals surface area contributed by atoms with Gasteiger partial charge in [0.05, 0.1) is 18.7 Å². The van der Waals surface area contributed by atoms with Gasteiger partial charge in [-0.1, -0.05) is 12.2 Å². The second-order valence-electron chi connectivity index (χ2n) is 4.02. The fourth-order valence-electron chi connectivity index (χ4n) is 1.34. The van der Waals surface area contributed by atoms with Crippen LogP contribution in [-0.2, 0) is 9.53 Å². The molecule has 0 fully saturated rings. The standard InChI is InChI=1S/C12H12F4N2O2S/c13-8-5-7(11(17)21)1-2-9(8)18-10(19)3-4-20-6-12(14,15)16/h1-2,5H,3-4,6H2,(H2,17,21)(H,18,19). The summed E-state index contributed by atoms with van der Waals surface area (Å²) in [7, 11) is 0. The highest BCUT2D eigenvalue weighted by molar-refractivity contribution is 7.80. The Hall–Kier alpha value is -1.74. The third-order valence-corrected chi connectivity index (χ3v) is 2.50. The van der Waals surface area contributed by atoms with Gasteiger partial charge in [0.15, 0.2) is 0 Å². The van der Waals surface area contributed by atoms with Crippen LogP contribution in [0, 0.1) is 5.82 Å². The smallest absolute Gasteiger partial charge is 0.389 e. The second kappa shape index (κ2) is 7.32. The molecular formula is C12H12F4N2O2S. The first-order valence-corrected chi connectivity index (χ1v) is 6.13. The summed E-state index contributed by atoms with van der Waals surface area (Å²) in [6, 6.07) is 3.73.